The van der Waals surface area contributed by atoms with Crippen molar-refractivity contribution in [1.82, 2.24) is 0 Å². The molecule has 1 fully saturated rings. The standard InChI is InChI=1S/C14H17BrS2/c1-2-14(16-10-3-11-17-14)9-8-12-4-6-13(15)7-5-12/h4-9H,2-3,10-11H2,1H3. The summed E-state index contributed by atoms with van der Waals surface area (Å²) in [7, 11) is 0. The Labute approximate surface area is 121 Å². The fraction of sp³-hybridized carbons (Fsp3) is 0.429. The summed E-state index contributed by atoms with van der Waals surface area (Å²) < 4.78 is 1.45. The lowest BCUT2D eigenvalue weighted by molar-refractivity contribution is 0.902. The number of rotatable bonds is 3. The minimum absolute atomic E-state index is 0.311. The molecule has 0 N–H and O–H groups in total. The van der Waals surface area contributed by atoms with E-state index in [1.807, 2.05) is 0 Å². The van der Waals surface area contributed by atoms with Gasteiger partial charge in [0, 0.05) is 4.47 Å². The Morgan fingerprint density at radius 1 is 1.24 bits per heavy atom. The molecule has 0 atom stereocenters. The molecule has 1 saturated heterocycles. The van der Waals surface area contributed by atoms with Crippen LogP contribution in [-0.2, 0) is 0 Å². The van der Waals surface area contributed by atoms with Gasteiger partial charge in [0.1, 0.15) is 0 Å². The van der Waals surface area contributed by atoms with E-state index in [1.54, 1.807) is 0 Å². The maximum absolute atomic E-state index is 3.47. The van der Waals surface area contributed by atoms with Crippen LogP contribution in [0.3, 0.4) is 0 Å². The summed E-state index contributed by atoms with van der Waals surface area (Å²) in [5.41, 5.74) is 1.28. The second-order valence-electron chi connectivity index (χ2n) is 4.10. The van der Waals surface area contributed by atoms with Crippen molar-refractivity contribution < 1.29 is 0 Å². The average Bonchev–Trinajstić information content (AvgIpc) is 2.39. The lowest BCUT2D eigenvalue weighted by Crippen LogP contribution is -2.21. The molecule has 0 radical (unpaired) electrons. The second-order valence-corrected chi connectivity index (χ2v) is 8.13. The summed E-state index contributed by atoms with van der Waals surface area (Å²) in [4.78, 5) is 0. The van der Waals surface area contributed by atoms with E-state index in [0.29, 0.717) is 4.08 Å². The van der Waals surface area contributed by atoms with Crippen LogP contribution in [-0.4, -0.2) is 15.6 Å². The predicted molar refractivity (Wildman–Crippen MR) is 85.7 cm³/mol. The maximum atomic E-state index is 3.47. The van der Waals surface area contributed by atoms with Gasteiger partial charge in [-0.25, -0.2) is 0 Å². The van der Waals surface area contributed by atoms with Crippen molar-refractivity contribution >= 4 is 45.5 Å². The molecule has 92 valence electrons. The first-order valence-corrected chi connectivity index (χ1v) is 8.73. The van der Waals surface area contributed by atoms with E-state index in [2.05, 4.69) is 82.8 Å². The van der Waals surface area contributed by atoms with Crippen LogP contribution in [0.1, 0.15) is 25.3 Å². The van der Waals surface area contributed by atoms with Crippen LogP contribution in [0.25, 0.3) is 6.08 Å². The van der Waals surface area contributed by atoms with Gasteiger partial charge in [0.2, 0.25) is 0 Å². The van der Waals surface area contributed by atoms with Crippen LogP contribution in [0.4, 0.5) is 0 Å². The van der Waals surface area contributed by atoms with E-state index in [4.69, 9.17) is 0 Å². The highest BCUT2D eigenvalue weighted by molar-refractivity contribution is 9.10. The van der Waals surface area contributed by atoms with Crippen LogP contribution in [0.15, 0.2) is 34.8 Å². The molecule has 1 aliphatic heterocycles. The first kappa shape index (κ1) is 13.6. The van der Waals surface area contributed by atoms with E-state index in [9.17, 15) is 0 Å². The summed E-state index contributed by atoms with van der Waals surface area (Å²) in [6.45, 7) is 2.29. The second kappa shape index (κ2) is 6.35. The first-order valence-electron chi connectivity index (χ1n) is 5.97. The molecule has 0 bridgehead atoms. The van der Waals surface area contributed by atoms with Crippen molar-refractivity contribution in [3.8, 4) is 0 Å². The highest BCUT2D eigenvalue weighted by Gasteiger charge is 2.28. The zero-order valence-electron chi connectivity index (χ0n) is 9.99. The van der Waals surface area contributed by atoms with Gasteiger partial charge in [-0.3, -0.25) is 0 Å². The van der Waals surface area contributed by atoms with Gasteiger partial charge in [-0.15, -0.1) is 23.5 Å². The van der Waals surface area contributed by atoms with Gasteiger partial charge in [-0.05, 0) is 42.0 Å². The first-order chi connectivity index (χ1) is 8.24. The summed E-state index contributed by atoms with van der Waals surface area (Å²) in [5.74, 6) is 2.59. The Balaban J connectivity index is 2.09. The van der Waals surface area contributed by atoms with Gasteiger partial charge in [-0.1, -0.05) is 47.1 Å². The summed E-state index contributed by atoms with van der Waals surface area (Å²) in [5, 5.41) is 0. The zero-order chi connectivity index (χ0) is 12.1. The van der Waals surface area contributed by atoms with Gasteiger partial charge < -0.3 is 0 Å². The van der Waals surface area contributed by atoms with Crippen molar-refractivity contribution in [1.29, 1.82) is 0 Å². The van der Waals surface area contributed by atoms with E-state index < -0.39 is 0 Å². The summed E-state index contributed by atoms with van der Waals surface area (Å²) in [6.07, 6.45) is 7.21. The third-order valence-corrected chi connectivity index (χ3v) is 6.92. The number of benzene rings is 1. The fourth-order valence-electron chi connectivity index (χ4n) is 1.81. The largest absolute Gasteiger partial charge is 0.140 e. The Morgan fingerprint density at radius 3 is 2.47 bits per heavy atom. The molecule has 1 aromatic carbocycles. The predicted octanol–water partition coefficient (Wildman–Crippen LogP) is 5.44. The molecule has 0 aromatic heterocycles. The summed E-state index contributed by atoms with van der Waals surface area (Å²) in [6, 6.07) is 8.50. The lowest BCUT2D eigenvalue weighted by Gasteiger charge is -2.32. The van der Waals surface area contributed by atoms with Crippen molar-refractivity contribution in [2.45, 2.75) is 23.8 Å². The average molecular weight is 329 g/mol. The Hall–Kier alpha value is 0.140. The minimum atomic E-state index is 0.311. The van der Waals surface area contributed by atoms with Crippen molar-refractivity contribution in [3.63, 3.8) is 0 Å². The fourth-order valence-corrected chi connectivity index (χ4v) is 5.09. The van der Waals surface area contributed by atoms with Crippen molar-refractivity contribution in [2.75, 3.05) is 11.5 Å². The Kier molecular flexibility index (Phi) is 5.07. The van der Waals surface area contributed by atoms with Crippen LogP contribution in [0.5, 0.6) is 0 Å². The molecule has 3 heteroatoms. The normalized spacial score (nSPS) is 19.6. The molecule has 2 rings (SSSR count). The smallest absolute Gasteiger partial charge is 0.0791 e. The van der Waals surface area contributed by atoms with E-state index in [1.165, 1.54) is 29.9 Å². The third-order valence-electron chi connectivity index (χ3n) is 2.87. The number of hydrogen-bond acceptors (Lipinski definition) is 2. The molecule has 0 amide bonds. The van der Waals surface area contributed by atoms with Crippen LogP contribution >= 0.6 is 39.5 Å². The van der Waals surface area contributed by atoms with E-state index in [-0.39, 0.29) is 0 Å². The van der Waals surface area contributed by atoms with E-state index >= 15 is 0 Å². The maximum Gasteiger partial charge on any atom is 0.0791 e. The molecule has 0 nitrogen and oxygen atoms in total. The Bertz CT molecular complexity index is 378. The molecule has 0 spiro atoms. The monoisotopic (exact) mass is 328 g/mol. The highest BCUT2D eigenvalue weighted by atomic mass is 79.9. The van der Waals surface area contributed by atoms with E-state index in [0.717, 1.165) is 4.47 Å². The third kappa shape index (κ3) is 3.80. The van der Waals surface area contributed by atoms with Gasteiger partial charge in [0.05, 0.1) is 4.08 Å². The topological polar surface area (TPSA) is 0 Å². The van der Waals surface area contributed by atoms with Crippen molar-refractivity contribution in [2.24, 2.45) is 0 Å². The minimum Gasteiger partial charge on any atom is -0.140 e. The van der Waals surface area contributed by atoms with Crippen LogP contribution in [0, 0.1) is 0 Å². The SMILES string of the molecule is CCC1(C=Cc2ccc(Br)cc2)SCCCS1. The zero-order valence-corrected chi connectivity index (χ0v) is 13.2. The van der Waals surface area contributed by atoms with Crippen molar-refractivity contribution in [3.05, 3.63) is 40.4 Å². The van der Waals surface area contributed by atoms with Crippen LogP contribution in [0.2, 0.25) is 0 Å². The molecule has 0 aliphatic carbocycles. The lowest BCUT2D eigenvalue weighted by atomic mass is 10.2. The van der Waals surface area contributed by atoms with Gasteiger partial charge in [0.15, 0.2) is 0 Å². The molecule has 17 heavy (non-hydrogen) atoms. The van der Waals surface area contributed by atoms with Gasteiger partial charge >= 0.3 is 0 Å². The number of halogens is 1. The Morgan fingerprint density at radius 2 is 1.88 bits per heavy atom. The molecule has 0 saturated carbocycles. The van der Waals surface area contributed by atoms with Gasteiger partial charge in [0.25, 0.3) is 0 Å². The van der Waals surface area contributed by atoms with Gasteiger partial charge in [-0.2, -0.15) is 0 Å². The molecular formula is C14H17BrS2. The summed E-state index contributed by atoms with van der Waals surface area (Å²) >= 11 is 7.66. The molecular weight excluding hydrogens is 312 g/mol. The molecule has 1 heterocycles. The molecule has 1 aromatic rings. The number of hydrogen-bond donors (Lipinski definition) is 0. The molecule has 0 unspecified atom stereocenters. The highest BCUT2D eigenvalue weighted by Crippen LogP contribution is 2.46. The quantitative estimate of drug-likeness (QED) is 0.724. The van der Waals surface area contributed by atoms with Crippen LogP contribution < -0.4 is 0 Å². The number of thioether (sulfide) groups is 2. The molecule has 1 aliphatic rings.